The van der Waals surface area contributed by atoms with E-state index in [2.05, 4.69) is 15.5 Å². The van der Waals surface area contributed by atoms with Crippen LogP contribution in [0.3, 0.4) is 0 Å². The summed E-state index contributed by atoms with van der Waals surface area (Å²) in [6.07, 6.45) is 4.83. The lowest BCUT2D eigenvalue weighted by Crippen LogP contribution is -2.46. The molecule has 2 saturated heterocycles. The molecule has 3 atom stereocenters. The van der Waals surface area contributed by atoms with Crippen molar-refractivity contribution in [2.75, 3.05) is 32.7 Å². The molecule has 96 valence electrons. The van der Waals surface area contributed by atoms with Crippen LogP contribution in [-0.4, -0.2) is 49.6 Å². The molecule has 0 radical (unpaired) electrons. The van der Waals surface area contributed by atoms with Crippen molar-refractivity contribution in [2.45, 2.75) is 31.7 Å². The molecule has 2 N–H and O–H groups in total. The summed E-state index contributed by atoms with van der Waals surface area (Å²) in [7, 11) is 0. The van der Waals surface area contributed by atoms with E-state index in [1.165, 1.54) is 32.5 Å². The molecule has 0 spiro atoms. The van der Waals surface area contributed by atoms with Crippen LogP contribution >= 0.6 is 0 Å². The molecule has 1 amide bonds. The van der Waals surface area contributed by atoms with Gasteiger partial charge >= 0.3 is 0 Å². The van der Waals surface area contributed by atoms with Gasteiger partial charge in [-0.05, 0) is 44.7 Å². The molecule has 0 aromatic carbocycles. The van der Waals surface area contributed by atoms with Crippen LogP contribution in [0.2, 0.25) is 0 Å². The molecule has 3 rings (SSSR count). The van der Waals surface area contributed by atoms with Gasteiger partial charge in [0.2, 0.25) is 5.91 Å². The van der Waals surface area contributed by atoms with Crippen molar-refractivity contribution in [1.29, 1.82) is 0 Å². The van der Waals surface area contributed by atoms with Gasteiger partial charge in [-0.25, -0.2) is 0 Å². The SMILES string of the molecule is O=C(NCCNC1CCN2CCC1C2)C1CC1. The summed E-state index contributed by atoms with van der Waals surface area (Å²) < 4.78 is 0. The highest BCUT2D eigenvalue weighted by Crippen LogP contribution is 2.28. The van der Waals surface area contributed by atoms with Crippen LogP contribution in [0.25, 0.3) is 0 Å². The molecule has 17 heavy (non-hydrogen) atoms. The van der Waals surface area contributed by atoms with Crippen LogP contribution in [0.4, 0.5) is 0 Å². The third kappa shape index (κ3) is 2.80. The van der Waals surface area contributed by atoms with Gasteiger partial charge in [0.25, 0.3) is 0 Å². The molecule has 3 fully saturated rings. The number of amides is 1. The van der Waals surface area contributed by atoms with Gasteiger partial charge in [-0.3, -0.25) is 4.79 Å². The maximum Gasteiger partial charge on any atom is 0.223 e. The zero-order valence-electron chi connectivity index (χ0n) is 10.5. The fraction of sp³-hybridized carbons (Fsp3) is 0.923. The van der Waals surface area contributed by atoms with E-state index in [0.29, 0.717) is 12.0 Å². The smallest absolute Gasteiger partial charge is 0.223 e. The van der Waals surface area contributed by atoms with Crippen LogP contribution in [0.5, 0.6) is 0 Å². The Balaban J connectivity index is 1.32. The zero-order chi connectivity index (χ0) is 11.7. The second kappa shape index (κ2) is 4.94. The molecule has 0 aromatic heterocycles. The summed E-state index contributed by atoms with van der Waals surface area (Å²) in [6, 6.07) is 0.687. The number of carbonyl (C=O) groups is 1. The summed E-state index contributed by atoms with van der Waals surface area (Å²) in [6.45, 7) is 5.55. The Bertz CT molecular complexity index is 290. The summed E-state index contributed by atoms with van der Waals surface area (Å²) in [5, 5.41) is 6.64. The lowest BCUT2D eigenvalue weighted by molar-refractivity contribution is -0.122. The average molecular weight is 237 g/mol. The topological polar surface area (TPSA) is 44.4 Å². The van der Waals surface area contributed by atoms with Gasteiger partial charge in [-0.1, -0.05) is 0 Å². The van der Waals surface area contributed by atoms with E-state index >= 15 is 0 Å². The van der Waals surface area contributed by atoms with Crippen molar-refractivity contribution in [3.05, 3.63) is 0 Å². The molecule has 4 heteroatoms. The van der Waals surface area contributed by atoms with Crippen molar-refractivity contribution in [1.82, 2.24) is 15.5 Å². The van der Waals surface area contributed by atoms with Crippen molar-refractivity contribution in [2.24, 2.45) is 11.8 Å². The number of fused-ring (bicyclic) bond motifs is 2. The van der Waals surface area contributed by atoms with E-state index in [9.17, 15) is 4.79 Å². The van der Waals surface area contributed by atoms with E-state index in [4.69, 9.17) is 0 Å². The second-order valence-electron chi connectivity index (χ2n) is 5.76. The number of hydrogen-bond donors (Lipinski definition) is 2. The Labute approximate surface area is 103 Å². The fourth-order valence-electron chi connectivity index (χ4n) is 3.15. The number of hydrogen-bond acceptors (Lipinski definition) is 3. The van der Waals surface area contributed by atoms with E-state index in [-0.39, 0.29) is 5.91 Å². The highest BCUT2D eigenvalue weighted by atomic mass is 16.2. The van der Waals surface area contributed by atoms with Gasteiger partial charge in [0.05, 0.1) is 0 Å². The molecule has 0 aromatic rings. The first-order valence-electron chi connectivity index (χ1n) is 7.06. The minimum Gasteiger partial charge on any atom is -0.355 e. The van der Waals surface area contributed by atoms with Crippen LogP contribution in [0.15, 0.2) is 0 Å². The van der Waals surface area contributed by atoms with Gasteiger partial charge in [0.1, 0.15) is 0 Å². The van der Waals surface area contributed by atoms with Crippen molar-refractivity contribution in [3.8, 4) is 0 Å². The third-order valence-corrected chi connectivity index (χ3v) is 4.41. The van der Waals surface area contributed by atoms with Crippen molar-refractivity contribution < 1.29 is 4.79 Å². The number of rotatable bonds is 5. The Morgan fingerprint density at radius 1 is 1.12 bits per heavy atom. The van der Waals surface area contributed by atoms with E-state index in [1.54, 1.807) is 0 Å². The van der Waals surface area contributed by atoms with E-state index in [1.807, 2.05) is 0 Å². The first kappa shape index (κ1) is 11.5. The Morgan fingerprint density at radius 2 is 1.94 bits per heavy atom. The highest BCUT2D eigenvalue weighted by Gasteiger charge is 2.33. The molecular formula is C13H23N3O. The van der Waals surface area contributed by atoms with Gasteiger partial charge in [0, 0.05) is 31.6 Å². The number of carbonyl (C=O) groups excluding carboxylic acids is 1. The normalized spacial score (nSPS) is 35.9. The lowest BCUT2D eigenvalue weighted by Gasteiger charge is -2.31. The predicted molar refractivity (Wildman–Crippen MR) is 66.7 cm³/mol. The Hall–Kier alpha value is -0.610. The number of nitrogens with zero attached hydrogens (tertiary/aromatic N) is 1. The van der Waals surface area contributed by atoms with E-state index < -0.39 is 0 Å². The van der Waals surface area contributed by atoms with Gasteiger partial charge < -0.3 is 15.5 Å². The Morgan fingerprint density at radius 3 is 2.76 bits per heavy atom. The molecule has 1 aliphatic carbocycles. The molecular weight excluding hydrogens is 214 g/mol. The number of nitrogens with one attached hydrogen (secondary N) is 2. The standard InChI is InChI=1S/C13H23N3O/c17-13(10-1-2-10)15-6-5-14-12-4-8-16-7-3-11(12)9-16/h10-12,14H,1-9H2,(H,15,17). The second-order valence-corrected chi connectivity index (χ2v) is 5.76. The Kier molecular flexibility index (Phi) is 3.34. The van der Waals surface area contributed by atoms with Gasteiger partial charge in [0.15, 0.2) is 0 Å². The highest BCUT2D eigenvalue weighted by molar-refractivity contribution is 5.80. The quantitative estimate of drug-likeness (QED) is 0.671. The molecule has 1 saturated carbocycles. The van der Waals surface area contributed by atoms with Gasteiger partial charge in [-0.2, -0.15) is 0 Å². The summed E-state index contributed by atoms with van der Waals surface area (Å²) in [5.74, 6) is 1.46. The predicted octanol–water partition coefficient (Wildman–Crippen LogP) is 0.196. The number of piperidine rings is 1. The summed E-state index contributed by atoms with van der Waals surface area (Å²) in [5.41, 5.74) is 0. The maximum atomic E-state index is 11.4. The molecule has 2 heterocycles. The lowest BCUT2D eigenvalue weighted by atomic mass is 9.94. The van der Waals surface area contributed by atoms with Crippen LogP contribution in [0, 0.1) is 11.8 Å². The largest absolute Gasteiger partial charge is 0.355 e. The molecule has 3 aliphatic rings. The minimum absolute atomic E-state index is 0.266. The first-order valence-corrected chi connectivity index (χ1v) is 7.06. The molecule has 3 unspecified atom stereocenters. The first-order chi connectivity index (χ1) is 8.33. The van der Waals surface area contributed by atoms with Crippen LogP contribution in [-0.2, 0) is 4.79 Å². The monoisotopic (exact) mass is 237 g/mol. The zero-order valence-corrected chi connectivity index (χ0v) is 10.5. The van der Waals surface area contributed by atoms with Gasteiger partial charge in [-0.15, -0.1) is 0 Å². The molecule has 2 aliphatic heterocycles. The van der Waals surface area contributed by atoms with Crippen molar-refractivity contribution in [3.63, 3.8) is 0 Å². The van der Waals surface area contributed by atoms with E-state index in [0.717, 1.165) is 31.8 Å². The minimum atomic E-state index is 0.266. The third-order valence-electron chi connectivity index (χ3n) is 4.41. The summed E-state index contributed by atoms with van der Waals surface area (Å²) in [4.78, 5) is 14.0. The maximum absolute atomic E-state index is 11.4. The van der Waals surface area contributed by atoms with Crippen LogP contribution < -0.4 is 10.6 Å². The average Bonchev–Trinajstić information content (AvgIpc) is 3.12. The van der Waals surface area contributed by atoms with Crippen molar-refractivity contribution >= 4 is 5.91 Å². The summed E-state index contributed by atoms with van der Waals surface area (Å²) >= 11 is 0. The molecule has 4 nitrogen and oxygen atoms in total. The van der Waals surface area contributed by atoms with Crippen LogP contribution in [0.1, 0.15) is 25.7 Å². The molecule has 2 bridgehead atoms. The fourth-order valence-corrected chi connectivity index (χ4v) is 3.15.